The number of benzene rings is 4. The van der Waals surface area contributed by atoms with Gasteiger partial charge in [0.05, 0.1) is 36.6 Å². The number of fused-ring (bicyclic) bond motifs is 1. The molecule has 6 rings (SSSR count). The van der Waals surface area contributed by atoms with Crippen LogP contribution in [0, 0.1) is 12.7 Å². The van der Waals surface area contributed by atoms with Crippen LogP contribution in [-0.4, -0.2) is 78.2 Å². The van der Waals surface area contributed by atoms with Gasteiger partial charge in [0.2, 0.25) is 5.91 Å². The number of aromatic nitrogens is 2. The van der Waals surface area contributed by atoms with Crippen molar-refractivity contribution in [2.24, 2.45) is 0 Å². The maximum Gasteiger partial charge on any atom is 0.338 e. The first-order valence-electron chi connectivity index (χ1n) is 16.2. The van der Waals surface area contributed by atoms with Crippen LogP contribution in [0.2, 0.25) is 0 Å². The molecule has 2 amide bonds. The molecule has 0 saturated carbocycles. The number of amides is 2. The number of hydrogen-bond donors (Lipinski definition) is 1. The van der Waals surface area contributed by atoms with Crippen LogP contribution < -0.4 is 15.0 Å². The number of hydrogen-bond acceptors (Lipinski definition) is 7. The van der Waals surface area contributed by atoms with Crippen molar-refractivity contribution in [3.05, 3.63) is 108 Å². The first-order chi connectivity index (χ1) is 23.7. The zero-order valence-corrected chi connectivity index (χ0v) is 27.9. The summed E-state index contributed by atoms with van der Waals surface area (Å²) >= 11 is 0. The highest BCUT2D eigenvalue weighted by Crippen LogP contribution is 2.31. The Morgan fingerprint density at radius 2 is 1.80 bits per heavy atom. The molecule has 0 unspecified atom stereocenters. The van der Waals surface area contributed by atoms with Crippen molar-refractivity contribution in [2.75, 3.05) is 44.8 Å². The number of nitrogens with zero attached hydrogens (tertiary/aromatic N) is 4. The second-order valence-electron chi connectivity index (χ2n) is 12.0. The van der Waals surface area contributed by atoms with E-state index in [1.807, 2.05) is 74.5 Å². The Hall–Kier alpha value is -5.71. The lowest BCUT2D eigenvalue weighted by Crippen LogP contribution is -2.59. The summed E-state index contributed by atoms with van der Waals surface area (Å²) in [5.41, 5.74) is 3.06. The van der Waals surface area contributed by atoms with Crippen LogP contribution in [0.1, 0.15) is 40.3 Å². The number of carbonyl (C=O) groups is 3. The first-order valence-corrected chi connectivity index (χ1v) is 16.2. The van der Waals surface area contributed by atoms with Gasteiger partial charge in [-0.15, -0.1) is 0 Å². The minimum Gasteiger partial charge on any atom is -0.494 e. The minimum absolute atomic E-state index is 0.136. The van der Waals surface area contributed by atoms with Gasteiger partial charge >= 0.3 is 5.97 Å². The fraction of sp³-hybridized carbons (Fsp3) is 0.263. The van der Waals surface area contributed by atoms with E-state index in [1.165, 1.54) is 20.1 Å². The number of rotatable bonds is 9. The van der Waals surface area contributed by atoms with E-state index in [0.29, 0.717) is 43.2 Å². The van der Waals surface area contributed by atoms with E-state index in [2.05, 4.69) is 10.2 Å². The third-order valence-electron chi connectivity index (χ3n) is 8.64. The Bertz CT molecular complexity index is 2040. The summed E-state index contributed by atoms with van der Waals surface area (Å²) in [5, 5.41) is 4.53. The first kappa shape index (κ1) is 33.2. The number of piperazine rings is 1. The summed E-state index contributed by atoms with van der Waals surface area (Å²) in [6.45, 7) is 6.95. The number of esters is 1. The van der Waals surface area contributed by atoms with Gasteiger partial charge in [-0.25, -0.2) is 14.2 Å². The molecule has 5 aromatic rings. The Morgan fingerprint density at radius 3 is 2.55 bits per heavy atom. The number of halogens is 1. The van der Waals surface area contributed by atoms with Crippen molar-refractivity contribution in [3.8, 4) is 22.8 Å². The maximum atomic E-state index is 15.4. The Balaban J connectivity index is 1.36. The van der Waals surface area contributed by atoms with Gasteiger partial charge in [-0.1, -0.05) is 36.4 Å². The lowest BCUT2D eigenvalue weighted by atomic mass is 10.0. The van der Waals surface area contributed by atoms with Crippen LogP contribution in [0.3, 0.4) is 0 Å². The number of ether oxygens (including phenoxy) is 2. The van der Waals surface area contributed by atoms with Crippen molar-refractivity contribution in [3.63, 3.8) is 0 Å². The van der Waals surface area contributed by atoms with E-state index in [-0.39, 0.29) is 35.4 Å². The van der Waals surface area contributed by atoms with Gasteiger partial charge in [0.1, 0.15) is 23.1 Å². The molecule has 1 aliphatic heterocycles. The van der Waals surface area contributed by atoms with Crippen molar-refractivity contribution in [1.82, 2.24) is 19.8 Å². The van der Waals surface area contributed by atoms with Crippen molar-refractivity contribution >= 4 is 34.2 Å². The van der Waals surface area contributed by atoms with Crippen LogP contribution in [0.25, 0.3) is 27.8 Å². The third kappa shape index (κ3) is 6.96. The molecule has 2 heterocycles. The number of nitrogens with one attached hydrogen (secondary N) is 1. The molecule has 0 aliphatic carbocycles. The summed E-state index contributed by atoms with van der Waals surface area (Å²) in [6, 6.07) is 23.2. The Kier molecular flexibility index (Phi) is 9.61. The standard InChI is InChI=1S/C38H38FN5O5/c1-5-49-30-11-8-10-27(19-30)44-23-35(41-36(44)32-14-13-24(2)17-34(32)39)37(46)43-16-15-42(22-29(43)21-40-25(3)45)28-18-26-9-6-7-12-31(26)33(20-28)38(47)48-4/h6-14,17-20,23,29H,5,15-16,21-22H2,1-4H3,(H,40,45)/t29-/m0/s1. The van der Waals surface area contributed by atoms with Gasteiger partial charge in [0, 0.05) is 51.1 Å². The average Bonchev–Trinajstić information content (AvgIpc) is 3.55. The van der Waals surface area contributed by atoms with Gasteiger partial charge in [0.15, 0.2) is 0 Å². The lowest BCUT2D eigenvalue weighted by molar-refractivity contribution is -0.119. The molecule has 0 spiro atoms. The van der Waals surface area contributed by atoms with E-state index in [1.54, 1.807) is 27.8 Å². The SMILES string of the molecule is CCOc1cccc(-n2cc(C(=O)N3CCN(c4cc(C(=O)OC)c5ccccc5c4)C[C@@H]3CNC(C)=O)nc2-c2ccc(C)cc2F)c1. The molecule has 252 valence electrons. The topological polar surface area (TPSA) is 106 Å². The highest BCUT2D eigenvalue weighted by Gasteiger charge is 2.34. The number of aryl methyl sites for hydroxylation is 1. The van der Waals surface area contributed by atoms with E-state index in [0.717, 1.165) is 22.0 Å². The third-order valence-corrected chi connectivity index (χ3v) is 8.64. The number of imidazole rings is 1. The van der Waals surface area contributed by atoms with E-state index in [9.17, 15) is 14.4 Å². The molecule has 1 fully saturated rings. The largest absolute Gasteiger partial charge is 0.494 e. The number of methoxy groups -OCH3 is 1. The van der Waals surface area contributed by atoms with Crippen LogP contribution in [0.4, 0.5) is 10.1 Å². The maximum absolute atomic E-state index is 15.4. The van der Waals surface area contributed by atoms with Crippen LogP contribution >= 0.6 is 0 Å². The molecular weight excluding hydrogens is 625 g/mol. The van der Waals surface area contributed by atoms with Crippen molar-refractivity contribution in [1.29, 1.82) is 0 Å². The van der Waals surface area contributed by atoms with Crippen LogP contribution in [0.15, 0.2) is 85.1 Å². The van der Waals surface area contributed by atoms with Gasteiger partial charge < -0.3 is 24.6 Å². The molecule has 1 aliphatic rings. The highest BCUT2D eigenvalue weighted by atomic mass is 19.1. The molecular formula is C38H38FN5O5. The smallest absolute Gasteiger partial charge is 0.338 e. The zero-order valence-electron chi connectivity index (χ0n) is 27.9. The second kappa shape index (κ2) is 14.2. The number of carbonyl (C=O) groups excluding carboxylic acids is 3. The highest BCUT2D eigenvalue weighted by molar-refractivity contribution is 6.06. The molecule has 0 bridgehead atoms. The summed E-state index contributed by atoms with van der Waals surface area (Å²) in [7, 11) is 1.35. The Labute approximate surface area is 284 Å². The van der Waals surface area contributed by atoms with Gasteiger partial charge in [-0.05, 0) is 66.6 Å². The molecule has 49 heavy (non-hydrogen) atoms. The van der Waals surface area contributed by atoms with E-state index < -0.39 is 17.8 Å². The molecule has 1 N–H and O–H groups in total. The van der Waals surface area contributed by atoms with E-state index in [4.69, 9.17) is 14.5 Å². The minimum atomic E-state index is -0.453. The van der Waals surface area contributed by atoms with Crippen LogP contribution in [0.5, 0.6) is 5.75 Å². The summed E-state index contributed by atoms with van der Waals surface area (Å²) in [5.74, 6) is -0.558. The second-order valence-corrected chi connectivity index (χ2v) is 12.0. The molecule has 11 heteroatoms. The van der Waals surface area contributed by atoms with Gasteiger partial charge in [-0.3, -0.25) is 14.2 Å². The summed E-state index contributed by atoms with van der Waals surface area (Å²) in [4.78, 5) is 47.6. The van der Waals surface area contributed by atoms with Crippen molar-refractivity contribution < 1.29 is 28.2 Å². The fourth-order valence-corrected chi connectivity index (χ4v) is 6.26. The predicted molar refractivity (Wildman–Crippen MR) is 186 cm³/mol. The van der Waals surface area contributed by atoms with Crippen molar-refractivity contribution in [2.45, 2.75) is 26.8 Å². The zero-order chi connectivity index (χ0) is 34.7. The Morgan fingerprint density at radius 1 is 0.980 bits per heavy atom. The molecule has 4 aromatic carbocycles. The molecule has 0 radical (unpaired) electrons. The predicted octanol–water partition coefficient (Wildman–Crippen LogP) is 5.79. The average molecular weight is 664 g/mol. The molecule has 1 aromatic heterocycles. The van der Waals surface area contributed by atoms with E-state index >= 15 is 4.39 Å². The molecule has 1 saturated heterocycles. The molecule has 1 atom stereocenters. The van der Waals surface area contributed by atoms with Crippen LogP contribution in [-0.2, 0) is 9.53 Å². The normalized spacial score (nSPS) is 14.5. The number of anilines is 1. The lowest BCUT2D eigenvalue weighted by Gasteiger charge is -2.42. The monoisotopic (exact) mass is 663 g/mol. The van der Waals surface area contributed by atoms with Gasteiger partial charge in [0.25, 0.3) is 5.91 Å². The fourth-order valence-electron chi connectivity index (χ4n) is 6.26. The molecule has 10 nitrogen and oxygen atoms in total. The van der Waals surface area contributed by atoms with Gasteiger partial charge in [-0.2, -0.15) is 0 Å². The summed E-state index contributed by atoms with van der Waals surface area (Å²) < 4.78 is 27.9. The summed E-state index contributed by atoms with van der Waals surface area (Å²) in [6.07, 6.45) is 1.62. The quantitative estimate of drug-likeness (QED) is 0.199.